The number of hydrogen-bond donors (Lipinski definition) is 0. The number of furan rings is 1. The first-order chi connectivity index (χ1) is 8.02. The molecule has 0 spiro atoms. The van der Waals surface area contributed by atoms with Gasteiger partial charge in [-0.3, -0.25) is 0 Å². The first-order valence-electron chi connectivity index (χ1n) is 5.34. The minimum Gasteiger partial charge on any atom is -0.465 e. The van der Waals surface area contributed by atoms with Crippen LogP contribution < -0.4 is 0 Å². The van der Waals surface area contributed by atoms with Gasteiger partial charge in [0, 0.05) is 16.3 Å². The van der Waals surface area contributed by atoms with Crippen molar-refractivity contribution >= 4 is 28.5 Å². The van der Waals surface area contributed by atoms with Crippen LogP contribution in [-0.4, -0.2) is 13.1 Å². The van der Waals surface area contributed by atoms with Crippen LogP contribution in [0.2, 0.25) is 5.02 Å². The van der Waals surface area contributed by atoms with Gasteiger partial charge in [-0.05, 0) is 18.2 Å². The Morgan fingerprint density at radius 1 is 1.35 bits per heavy atom. The summed E-state index contributed by atoms with van der Waals surface area (Å²) in [6.45, 7) is 4.05. The van der Waals surface area contributed by atoms with Crippen LogP contribution in [0.15, 0.2) is 22.6 Å². The molecule has 0 atom stereocenters. The van der Waals surface area contributed by atoms with Crippen LogP contribution >= 0.6 is 11.6 Å². The SMILES string of the molecule is COC(=O)c1cc(Cl)cc2cc(C(C)C)oc12. The van der Waals surface area contributed by atoms with Gasteiger partial charge in [-0.25, -0.2) is 4.79 Å². The van der Waals surface area contributed by atoms with Crippen LogP contribution in [0.5, 0.6) is 0 Å². The van der Waals surface area contributed by atoms with Crippen LogP contribution in [0.4, 0.5) is 0 Å². The average molecular weight is 253 g/mol. The highest BCUT2D eigenvalue weighted by Gasteiger charge is 2.17. The Balaban J connectivity index is 2.69. The number of halogens is 1. The lowest BCUT2D eigenvalue weighted by atomic mass is 10.1. The zero-order valence-corrected chi connectivity index (χ0v) is 10.7. The Morgan fingerprint density at radius 3 is 2.65 bits per heavy atom. The third kappa shape index (κ3) is 2.15. The minimum atomic E-state index is -0.442. The van der Waals surface area contributed by atoms with E-state index >= 15 is 0 Å². The molecule has 0 amide bonds. The first-order valence-corrected chi connectivity index (χ1v) is 5.72. The lowest BCUT2D eigenvalue weighted by molar-refractivity contribution is 0.0601. The quantitative estimate of drug-likeness (QED) is 0.759. The van der Waals surface area contributed by atoms with Crippen molar-refractivity contribution in [2.45, 2.75) is 19.8 Å². The van der Waals surface area contributed by atoms with Crippen molar-refractivity contribution in [3.8, 4) is 0 Å². The molecule has 17 heavy (non-hydrogen) atoms. The van der Waals surface area contributed by atoms with Crippen molar-refractivity contribution in [2.75, 3.05) is 7.11 Å². The number of methoxy groups -OCH3 is 1. The molecule has 0 radical (unpaired) electrons. The van der Waals surface area contributed by atoms with E-state index in [2.05, 4.69) is 0 Å². The van der Waals surface area contributed by atoms with E-state index in [0.29, 0.717) is 16.2 Å². The van der Waals surface area contributed by atoms with Crippen LogP contribution in [-0.2, 0) is 4.74 Å². The predicted octanol–water partition coefficient (Wildman–Crippen LogP) is 4.00. The maximum atomic E-state index is 11.6. The molecule has 0 aliphatic rings. The smallest absolute Gasteiger partial charge is 0.341 e. The van der Waals surface area contributed by atoms with Gasteiger partial charge in [-0.1, -0.05) is 25.4 Å². The van der Waals surface area contributed by atoms with E-state index in [0.717, 1.165) is 11.1 Å². The summed E-state index contributed by atoms with van der Waals surface area (Å²) in [6, 6.07) is 5.24. The van der Waals surface area contributed by atoms with E-state index < -0.39 is 5.97 Å². The van der Waals surface area contributed by atoms with Crippen LogP contribution in [0.25, 0.3) is 11.0 Å². The summed E-state index contributed by atoms with van der Waals surface area (Å²) < 4.78 is 10.4. The molecule has 2 rings (SSSR count). The third-order valence-corrected chi connectivity index (χ3v) is 2.79. The first kappa shape index (κ1) is 12.0. The Morgan fingerprint density at radius 2 is 2.06 bits per heavy atom. The maximum Gasteiger partial charge on any atom is 0.341 e. The van der Waals surface area contributed by atoms with E-state index in [4.69, 9.17) is 20.8 Å². The van der Waals surface area contributed by atoms with Crippen molar-refractivity contribution in [1.82, 2.24) is 0 Å². The monoisotopic (exact) mass is 252 g/mol. The number of hydrogen-bond acceptors (Lipinski definition) is 3. The lowest BCUT2D eigenvalue weighted by Crippen LogP contribution is -2.01. The summed E-state index contributed by atoms with van der Waals surface area (Å²) in [7, 11) is 1.33. The van der Waals surface area contributed by atoms with Gasteiger partial charge in [0.25, 0.3) is 0 Å². The van der Waals surface area contributed by atoms with Crippen molar-refractivity contribution in [3.05, 3.63) is 34.5 Å². The maximum absolute atomic E-state index is 11.6. The highest BCUT2D eigenvalue weighted by molar-refractivity contribution is 6.32. The zero-order chi connectivity index (χ0) is 12.6. The standard InChI is InChI=1S/C13H13ClO3/c1-7(2)11-5-8-4-9(14)6-10(12(8)17-11)13(15)16-3/h4-7H,1-3H3. The molecule has 0 unspecified atom stereocenters. The number of carbonyl (C=O) groups excluding carboxylic acids is 1. The molecule has 0 aliphatic carbocycles. The Hall–Kier alpha value is -1.48. The highest BCUT2D eigenvalue weighted by Crippen LogP contribution is 2.30. The summed E-state index contributed by atoms with van der Waals surface area (Å²) in [5.74, 6) is 0.640. The Labute approximate surface area is 104 Å². The highest BCUT2D eigenvalue weighted by atomic mass is 35.5. The van der Waals surface area contributed by atoms with Crippen molar-refractivity contribution in [3.63, 3.8) is 0 Å². The fourth-order valence-electron chi connectivity index (χ4n) is 1.68. The lowest BCUT2D eigenvalue weighted by Gasteiger charge is -2.01. The topological polar surface area (TPSA) is 39.4 Å². The molecule has 2 aromatic rings. The molecule has 1 aromatic carbocycles. The number of carbonyl (C=O) groups is 1. The number of rotatable bonds is 2. The Kier molecular flexibility index (Phi) is 3.11. The largest absolute Gasteiger partial charge is 0.465 e. The number of fused-ring (bicyclic) bond motifs is 1. The van der Waals surface area contributed by atoms with Gasteiger partial charge in [0.2, 0.25) is 0 Å². The van der Waals surface area contributed by atoms with Gasteiger partial charge in [0.1, 0.15) is 16.9 Å². The second-order valence-electron chi connectivity index (χ2n) is 4.17. The van der Waals surface area contributed by atoms with Gasteiger partial charge in [0.15, 0.2) is 0 Å². The molecule has 0 fully saturated rings. The van der Waals surface area contributed by atoms with Crippen molar-refractivity contribution < 1.29 is 13.9 Å². The Bertz CT molecular complexity index is 569. The molecule has 0 saturated carbocycles. The van der Waals surface area contributed by atoms with E-state index in [1.54, 1.807) is 12.1 Å². The second kappa shape index (κ2) is 4.41. The van der Waals surface area contributed by atoms with E-state index in [9.17, 15) is 4.79 Å². The summed E-state index contributed by atoms with van der Waals surface area (Å²) in [5.41, 5.74) is 0.895. The number of benzene rings is 1. The minimum absolute atomic E-state index is 0.256. The van der Waals surface area contributed by atoms with Crippen LogP contribution in [0.3, 0.4) is 0 Å². The summed E-state index contributed by atoms with van der Waals surface area (Å²) in [6.07, 6.45) is 0. The van der Waals surface area contributed by atoms with E-state index in [1.165, 1.54) is 7.11 Å². The third-order valence-electron chi connectivity index (χ3n) is 2.57. The molecule has 3 nitrogen and oxygen atoms in total. The van der Waals surface area contributed by atoms with Crippen molar-refractivity contribution in [2.24, 2.45) is 0 Å². The second-order valence-corrected chi connectivity index (χ2v) is 4.60. The average Bonchev–Trinajstić information content (AvgIpc) is 2.70. The normalized spacial score (nSPS) is 11.1. The zero-order valence-electron chi connectivity index (χ0n) is 9.91. The van der Waals surface area contributed by atoms with Crippen molar-refractivity contribution in [1.29, 1.82) is 0 Å². The van der Waals surface area contributed by atoms with Gasteiger partial charge in [-0.2, -0.15) is 0 Å². The molecule has 0 N–H and O–H groups in total. The fourth-order valence-corrected chi connectivity index (χ4v) is 1.91. The number of esters is 1. The van der Waals surface area contributed by atoms with Gasteiger partial charge >= 0.3 is 5.97 Å². The van der Waals surface area contributed by atoms with Crippen LogP contribution in [0.1, 0.15) is 35.9 Å². The molecular weight excluding hydrogens is 240 g/mol. The molecule has 4 heteroatoms. The van der Waals surface area contributed by atoms with Crippen LogP contribution in [0, 0.1) is 0 Å². The summed E-state index contributed by atoms with van der Waals surface area (Å²) in [4.78, 5) is 11.6. The molecule has 1 aromatic heterocycles. The molecule has 0 bridgehead atoms. The van der Waals surface area contributed by atoms with E-state index in [-0.39, 0.29) is 5.92 Å². The summed E-state index contributed by atoms with van der Waals surface area (Å²) >= 11 is 5.96. The molecule has 1 heterocycles. The van der Waals surface area contributed by atoms with Gasteiger partial charge in [-0.15, -0.1) is 0 Å². The van der Waals surface area contributed by atoms with E-state index in [1.807, 2.05) is 19.9 Å². The summed E-state index contributed by atoms with van der Waals surface area (Å²) in [5, 5.41) is 1.32. The predicted molar refractivity (Wildman–Crippen MR) is 66.7 cm³/mol. The molecule has 90 valence electrons. The van der Waals surface area contributed by atoms with Gasteiger partial charge < -0.3 is 9.15 Å². The van der Waals surface area contributed by atoms with Gasteiger partial charge in [0.05, 0.1) is 7.11 Å². The molecule has 0 saturated heterocycles. The fraction of sp³-hybridized carbons (Fsp3) is 0.308. The number of ether oxygens (including phenoxy) is 1. The molecular formula is C13H13ClO3. The molecule has 0 aliphatic heterocycles.